The maximum absolute atomic E-state index is 13.1. The van der Waals surface area contributed by atoms with Gasteiger partial charge in [0.05, 0.1) is 26.2 Å². The zero-order chi connectivity index (χ0) is 20.6. The van der Waals surface area contributed by atoms with Gasteiger partial charge in [0.25, 0.3) is 11.5 Å². The zero-order valence-electron chi connectivity index (χ0n) is 17.1. The second kappa shape index (κ2) is 9.98. The molecule has 0 unspecified atom stereocenters. The number of fused-ring (bicyclic) bond motifs is 1. The molecule has 0 bridgehead atoms. The Morgan fingerprint density at radius 2 is 1.86 bits per heavy atom. The molecule has 2 heterocycles. The van der Waals surface area contributed by atoms with Gasteiger partial charge in [-0.3, -0.25) is 14.2 Å². The predicted octanol–water partition coefficient (Wildman–Crippen LogP) is 1.49. The van der Waals surface area contributed by atoms with Gasteiger partial charge in [-0.2, -0.15) is 0 Å². The normalized spacial score (nSPS) is 11.1. The number of amides is 1. The summed E-state index contributed by atoms with van der Waals surface area (Å²) >= 11 is 0. The molecule has 0 aliphatic carbocycles. The Morgan fingerprint density at radius 3 is 2.59 bits per heavy atom. The first kappa shape index (κ1) is 20.7. The van der Waals surface area contributed by atoms with E-state index in [-0.39, 0.29) is 17.0 Å². The average molecular weight is 394 g/mol. The van der Waals surface area contributed by atoms with Crippen LogP contribution < -0.4 is 15.8 Å². The van der Waals surface area contributed by atoms with Crippen LogP contribution >= 0.6 is 0 Å². The topological polar surface area (TPSA) is 68.4 Å². The summed E-state index contributed by atoms with van der Waals surface area (Å²) < 4.78 is 1.58. The molecular formula is C23H29N4O2+. The van der Waals surface area contributed by atoms with Crippen molar-refractivity contribution in [2.75, 3.05) is 26.2 Å². The highest BCUT2D eigenvalue weighted by Crippen LogP contribution is 2.13. The van der Waals surface area contributed by atoms with Gasteiger partial charge in [-0.05, 0) is 37.6 Å². The molecule has 0 saturated heterocycles. The summed E-state index contributed by atoms with van der Waals surface area (Å²) in [5, 5.41) is 3.69. The number of benzene rings is 1. The van der Waals surface area contributed by atoms with Gasteiger partial charge < -0.3 is 10.2 Å². The Hall–Kier alpha value is -2.99. The number of nitrogens with zero attached hydrogens (tertiary/aromatic N) is 2. The van der Waals surface area contributed by atoms with Crippen LogP contribution in [0.1, 0.15) is 36.2 Å². The Morgan fingerprint density at radius 1 is 1.10 bits per heavy atom. The van der Waals surface area contributed by atoms with E-state index in [0.29, 0.717) is 18.7 Å². The van der Waals surface area contributed by atoms with Crippen LogP contribution in [-0.2, 0) is 6.54 Å². The summed E-state index contributed by atoms with van der Waals surface area (Å²) in [5.74, 6) is -0.322. The Labute approximate surface area is 171 Å². The molecule has 6 nitrogen and oxygen atoms in total. The number of quaternary nitrogens is 1. The molecule has 0 radical (unpaired) electrons. The third-order valence-electron chi connectivity index (χ3n) is 5.27. The second-order valence-corrected chi connectivity index (χ2v) is 7.17. The van der Waals surface area contributed by atoms with Gasteiger partial charge in [0, 0.05) is 24.5 Å². The smallest absolute Gasteiger partial charge is 0.265 e. The number of nitrogens with one attached hydrogen (secondary N) is 2. The van der Waals surface area contributed by atoms with E-state index in [1.165, 1.54) is 4.90 Å². The third kappa shape index (κ3) is 5.09. The first-order valence-electron chi connectivity index (χ1n) is 10.3. The number of hydrogen-bond acceptors (Lipinski definition) is 3. The minimum Gasteiger partial charge on any atom is -0.352 e. The van der Waals surface area contributed by atoms with E-state index in [1.54, 1.807) is 16.8 Å². The molecule has 2 aromatic heterocycles. The second-order valence-electron chi connectivity index (χ2n) is 7.17. The van der Waals surface area contributed by atoms with Crippen molar-refractivity contribution in [1.82, 2.24) is 14.9 Å². The predicted molar refractivity (Wildman–Crippen MR) is 115 cm³/mol. The van der Waals surface area contributed by atoms with Gasteiger partial charge in [-0.25, -0.2) is 4.98 Å². The molecule has 0 fully saturated rings. The molecule has 3 aromatic rings. The maximum atomic E-state index is 13.1. The maximum Gasteiger partial charge on any atom is 0.265 e. The molecule has 0 spiro atoms. The van der Waals surface area contributed by atoms with E-state index >= 15 is 0 Å². The van der Waals surface area contributed by atoms with Crippen molar-refractivity contribution in [2.24, 2.45) is 0 Å². The van der Waals surface area contributed by atoms with Crippen LogP contribution in [0.4, 0.5) is 0 Å². The quantitative estimate of drug-likeness (QED) is 0.541. The van der Waals surface area contributed by atoms with Gasteiger partial charge >= 0.3 is 0 Å². The number of aromatic nitrogens is 2. The summed E-state index contributed by atoms with van der Waals surface area (Å²) in [6, 6.07) is 15.1. The van der Waals surface area contributed by atoms with E-state index in [9.17, 15) is 9.59 Å². The van der Waals surface area contributed by atoms with Gasteiger partial charge in [0.1, 0.15) is 11.2 Å². The van der Waals surface area contributed by atoms with Crippen LogP contribution in [0, 0.1) is 0 Å². The largest absolute Gasteiger partial charge is 0.352 e. The number of hydrogen-bond donors (Lipinski definition) is 2. The van der Waals surface area contributed by atoms with E-state index in [2.05, 4.69) is 24.1 Å². The summed E-state index contributed by atoms with van der Waals surface area (Å²) in [4.78, 5) is 31.7. The van der Waals surface area contributed by atoms with Crippen LogP contribution in [0.15, 0.2) is 59.5 Å². The molecule has 1 aromatic carbocycles. The molecule has 152 valence electrons. The van der Waals surface area contributed by atoms with Crippen molar-refractivity contribution in [2.45, 2.75) is 26.8 Å². The van der Waals surface area contributed by atoms with Crippen LogP contribution in [0.5, 0.6) is 0 Å². The van der Waals surface area contributed by atoms with Crippen molar-refractivity contribution in [3.05, 3.63) is 76.2 Å². The lowest BCUT2D eigenvalue weighted by Gasteiger charge is -2.15. The summed E-state index contributed by atoms with van der Waals surface area (Å²) in [6.07, 6.45) is 2.55. The van der Waals surface area contributed by atoms with Crippen LogP contribution in [0.25, 0.3) is 11.0 Å². The number of carbonyl (C=O) groups excluding carboxylic acids is 1. The summed E-state index contributed by atoms with van der Waals surface area (Å²) in [6.45, 7) is 8.42. The molecule has 6 heteroatoms. The van der Waals surface area contributed by atoms with Crippen molar-refractivity contribution in [3.8, 4) is 0 Å². The standard InChI is InChI=1S/C23H28N4O2/c1-3-26(4-2)15-9-14-25-22(28)20-16-19-12-8-13-24-21(19)27(23(20)29)17-18-10-6-5-7-11-18/h5-8,10-13,16H,3-4,9,14-15,17H2,1-2H3,(H,25,28)/p+1. The minimum absolute atomic E-state index is 0.164. The lowest BCUT2D eigenvalue weighted by atomic mass is 10.1. The monoisotopic (exact) mass is 393 g/mol. The Bertz CT molecular complexity index is 1010. The Balaban J connectivity index is 1.83. The zero-order valence-corrected chi connectivity index (χ0v) is 17.1. The number of rotatable bonds is 9. The highest BCUT2D eigenvalue weighted by Gasteiger charge is 2.16. The molecule has 2 N–H and O–H groups in total. The van der Waals surface area contributed by atoms with Crippen LogP contribution in [0.3, 0.4) is 0 Å². The van der Waals surface area contributed by atoms with E-state index in [0.717, 1.165) is 37.0 Å². The molecule has 0 saturated carbocycles. The molecule has 29 heavy (non-hydrogen) atoms. The van der Waals surface area contributed by atoms with E-state index in [4.69, 9.17) is 0 Å². The number of pyridine rings is 2. The van der Waals surface area contributed by atoms with Crippen LogP contribution in [-0.4, -0.2) is 41.6 Å². The Kier molecular flexibility index (Phi) is 7.14. The first-order valence-corrected chi connectivity index (χ1v) is 10.3. The summed E-state index contributed by atoms with van der Waals surface area (Å²) in [7, 11) is 0. The summed E-state index contributed by atoms with van der Waals surface area (Å²) in [5.41, 5.74) is 1.42. The van der Waals surface area contributed by atoms with Gasteiger partial charge in [-0.1, -0.05) is 30.3 Å². The van der Waals surface area contributed by atoms with Crippen molar-refractivity contribution < 1.29 is 9.69 Å². The van der Waals surface area contributed by atoms with Crippen molar-refractivity contribution >= 4 is 16.9 Å². The molecule has 0 atom stereocenters. The third-order valence-corrected chi connectivity index (χ3v) is 5.27. The van der Waals surface area contributed by atoms with Gasteiger partial charge in [-0.15, -0.1) is 0 Å². The van der Waals surface area contributed by atoms with Gasteiger partial charge in [0.2, 0.25) is 0 Å². The molecule has 0 aliphatic heterocycles. The SMILES string of the molecule is CC[NH+](CC)CCCNC(=O)c1cc2cccnc2n(Cc2ccccc2)c1=O. The molecular weight excluding hydrogens is 364 g/mol. The molecule has 0 aliphatic rings. The fourth-order valence-electron chi connectivity index (χ4n) is 3.52. The van der Waals surface area contributed by atoms with Gasteiger partial charge in [0.15, 0.2) is 0 Å². The van der Waals surface area contributed by atoms with Crippen molar-refractivity contribution in [3.63, 3.8) is 0 Å². The lowest BCUT2D eigenvalue weighted by Crippen LogP contribution is -3.11. The fraction of sp³-hybridized carbons (Fsp3) is 0.348. The fourth-order valence-corrected chi connectivity index (χ4v) is 3.52. The first-order chi connectivity index (χ1) is 14.1. The van der Waals surface area contributed by atoms with E-state index in [1.807, 2.05) is 42.5 Å². The average Bonchev–Trinajstić information content (AvgIpc) is 2.76. The van der Waals surface area contributed by atoms with Crippen LogP contribution in [0.2, 0.25) is 0 Å². The molecule has 1 amide bonds. The minimum atomic E-state index is -0.322. The highest BCUT2D eigenvalue weighted by molar-refractivity contribution is 5.96. The lowest BCUT2D eigenvalue weighted by molar-refractivity contribution is -0.896. The van der Waals surface area contributed by atoms with E-state index < -0.39 is 0 Å². The van der Waals surface area contributed by atoms with Crippen molar-refractivity contribution in [1.29, 1.82) is 0 Å². The highest BCUT2D eigenvalue weighted by atomic mass is 16.2. The number of carbonyl (C=O) groups is 1. The molecule has 3 rings (SSSR count).